The van der Waals surface area contributed by atoms with Crippen molar-refractivity contribution in [2.75, 3.05) is 13.1 Å². The molecule has 0 atom stereocenters. The van der Waals surface area contributed by atoms with E-state index >= 15 is 0 Å². The minimum absolute atomic E-state index is 0. The average Bonchev–Trinajstić information content (AvgIpc) is 2.48. The Labute approximate surface area is 142 Å². The van der Waals surface area contributed by atoms with E-state index in [1.807, 2.05) is 37.5 Å². The first-order chi connectivity index (χ1) is 10.1. The number of amides is 1. The molecule has 5 nitrogen and oxygen atoms in total. The monoisotopic (exact) mass is 372 g/mol. The largest absolute Gasteiger partial charge is 1.00 e. The van der Waals surface area contributed by atoms with E-state index in [2.05, 4.69) is 4.57 Å². The molecule has 1 amide bonds. The lowest BCUT2D eigenvalue weighted by Crippen LogP contribution is -3.00. The maximum atomic E-state index is 12.1. The second kappa shape index (κ2) is 12.1. The Kier molecular flexibility index (Phi) is 11.4. The summed E-state index contributed by atoms with van der Waals surface area (Å²) in [6.45, 7) is 3.85. The molecule has 1 heterocycles. The highest BCUT2D eigenvalue weighted by molar-refractivity contribution is 5.77. The molecular formula is C16H25BrN2O3. The predicted molar refractivity (Wildman–Crippen MR) is 79.6 cm³/mol. The van der Waals surface area contributed by atoms with Gasteiger partial charge in [-0.25, -0.2) is 4.57 Å². The van der Waals surface area contributed by atoms with Crippen molar-refractivity contribution in [1.82, 2.24) is 4.90 Å². The maximum Gasteiger partial charge on any atom is 0.305 e. The molecule has 0 bridgehead atoms. The van der Waals surface area contributed by atoms with Gasteiger partial charge in [-0.15, -0.1) is 0 Å². The third-order valence-electron chi connectivity index (χ3n) is 3.28. The van der Waals surface area contributed by atoms with Gasteiger partial charge in [0.15, 0.2) is 12.4 Å². The topological polar surface area (TPSA) is 61.5 Å². The van der Waals surface area contributed by atoms with Crippen LogP contribution in [0.3, 0.4) is 0 Å². The summed E-state index contributed by atoms with van der Waals surface area (Å²) in [5.41, 5.74) is 0. The molecule has 124 valence electrons. The van der Waals surface area contributed by atoms with Gasteiger partial charge in [-0.2, -0.15) is 0 Å². The number of nitrogens with zero attached hydrogens (tertiary/aromatic N) is 2. The van der Waals surface area contributed by atoms with Crippen molar-refractivity contribution in [3.8, 4) is 0 Å². The number of aryl methyl sites for hydroxylation is 1. The highest BCUT2D eigenvalue weighted by Gasteiger charge is 2.13. The quantitative estimate of drug-likeness (QED) is 0.417. The van der Waals surface area contributed by atoms with Crippen LogP contribution < -0.4 is 21.5 Å². The molecule has 0 unspecified atom stereocenters. The minimum atomic E-state index is -0.857. The van der Waals surface area contributed by atoms with Crippen molar-refractivity contribution in [2.24, 2.45) is 0 Å². The third kappa shape index (κ3) is 8.77. The molecule has 6 heteroatoms. The van der Waals surface area contributed by atoms with Crippen LogP contribution in [0.5, 0.6) is 0 Å². The standard InChI is InChI=1S/C16H24N2O3.BrH/c1-2-10-18(14-9-16(20)21)15(19)8-4-7-13-17-11-5-3-6-12-17;/h3,5-6,11-12H,2,4,7-10,13-14H2,1H3;1H. The molecule has 0 fully saturated rings. The van der Waals surface area contributed by atoms with Crippen LogP contribution in [0.2, 0.25) is 0 Å². The Bertz CT molecular complexity index is 440. The number of carbonyl (C=O) groups excluding carboxylic acids is 1. The summed E-state index contributed by atoms with van der Waals surface area (Å²) in [4.78, 5) is 24.4. The molecule has 0 saturated heterocycles. The van der Waals surface area contributed by atoms with Gasteiger partial charge in [0, 0.05) is 38.1 Å². The lowest BCUT2D eigenvalue weighted by molar-refractivity contribution is -0.697. The van der Waals surface area contributed by atoms with Crippen LogP contribution in [-0.2, 0) is 16.1 Å². The molecule has 0 spiro atoms. The number of carboxylic acids is 1. The van der Waals surface area contributed by atoms with Gasteiger partial charge >= 0.3 is 5.97 Å². The summed E-state index contributed by atoms with van der Waals surface area (Å²) < 4.78 is 2.10. The number of pyridine rings is 1. The van der Waals surface area contributed by atoms with E-state index in [0.29, 0.717) is 19.5 Å². The van der Waals surface area contributed by atoms with Gasteiger partial charge in [-0.1, -0.05) is 13.0 Å². The number of carbonyl (C=O) groups is 2. The van der Waals surface area contributed by atoms with E-state index in [1.165, 1.54) is 0 Å². The van der Waals surface area contributed by atoms with Crippen LogP contribution in [0.4, 0.5) is 0 Å². The lowest BCUT2D eigenvalue weighted by Gasteiger charge is -2.21. The number of rotatable bonds is 10. The molecule has 0 aliphatic carbocycles. The van der Waals surface area contributed by atoms with E-state index in [0.717, 1.165) is 25.8 Å². The SMILES string of the molecule is CCCN(CCC(=O)O)C(=O)CCCC[n+]1ccccc1.[Br-]. The lowest BCUT2D eigenvalue weighted by atomic mass is 10.2. The van der Waals surface area contributed by atoms with Crippen LogP contribution in [0, 0.1) is 0 Å². The van der Waals surface area contributed by atoms with Gasteiger partial charge in [0.1, 0.15) is 6.54 Å². The second-order valence-corrected chi connectivity index (χ2v) is 5.09. The summed E-state index contributed by atoms with van der Waals surface area (Å²) in [6, 6.07) is 5.95. The number of aliphatic carboxylic acids is 1. The van der Waals surface area contributed by atoms with Crippen molar-refractivity contribution >= 4 is 11.9 Å². The van der Waals surface area contributed by atoms with Gasteiger partial charge in [0.2, 0.25) is 5.91 Å². The molecular weight excluding hydrogens is 348 g/mol. The fourth-order valence-electron chi connectivity index (χ4n) is 2.17. The van der Waals surface area contributed by atoms with E-state index in [4.69, 9.17) is 5.11 Å². The van der Waals surface area contributed by atoms with Crippen LogP contribution in [0.1, 0.15) is 39.0 Å². The highest BCUT2D eigenvalue weighted by Crippen LogP contribution is 2.03. The van der Waals surface area contributed by atoms with Gasteiger partial charge in [-0.05, 0) is 12.8 Å². The minimum Gasteiger partial charge on any atom is -1.00 e. The zero-order chi connectivity index (χ0) is 15.5. The molecule has 1 aromatic rings. The number of unbranched alkanes of at least 4 members (excludes halogenated alkanes) is 1. The maximum absolute atomic E-state index is 12.1. The molecule has 1 rings (SSSR count). The second-order valence-electron chi connectivity index (χ2n) is 5.09. The molecule has 0 aliphatic rings. The van der Waals surface area contributed by atoms with Crippen molar-refractivity contribution in [3.05, 3.63) is 30.6 Å². The summed E-state index contributed by atoms with van der Waals surface area (Å²) >= 11 is 0. The number of hydrogen-bond acceptors (Lipinski definition) is 2. The highest BCUT2D eigenvalue weighted by atomic mass is 79.9. The summed E-state index contributed by atoms with van der Waals surface area (Å²) in [5.74, 6) is -0.791. The predicted octanol–water partition coefficient (Wildman–Crippen LogP) is -1.14. The molecule has 0 saturated carbocycles. The fourth-order valence-corrected chi connectivity index (χ4v) is 2.17. The molecule has 0 aliphatic heterocycles. The number of carboxylic acid groups (broad SMARTS) is 1. The van der Waals surface area contributed by atoms with E-state index in [-0.39, 0.29) is 29.3 Å². The first-order valence-corrected chi connectivity index (χ1v) is 7.57. The van der Waals surface area contributed by atoms with Gasteiger partial charge in [0.25, 0.3) is 0 Å². The van der Waals surface area contributed by atoms with Gasteiger partial charge < -0.3 is 27.0 Å². The van der Waals surface area contributed by atoms with Crippen LogP contribution >= 0.6 is 0 Å². The zero-order valence-corrected chi connectivity index (χ0v) is 14.7. The van der Waals surface area contributed by atoms with E-state index in [1.54, 1.807) is 4.90 Å². The summed E-state index contributed by atoms with van der Waals surface area (Å²) in [6.07, 6.45) is 7.16. The Hall–Kier alpha value is -1.43. The first kappa shape index (κ1) is 20.6. The number of hydrogen-bond donors (Lipinski definition) is 1. The van der Waals surface area contributed by atoms with E-state index in [9.17, 15) is 9.59 Å². The van der Waals surface area contributed by atoms with Crippen molar-refractivity contribution in [2.45, 2.75) is 45.6 Å². The van der Waals surface area contributed by atoms with Crippen LogP contribution in [-0.4, -0.2) is 35.0 Å². The average molecular weight is 373 g/mol. The summed E-state index contributed by atoms with van der Waals surface area (Å²) in [5, 5.41) is 8.71. The Morgan fingerprint density at radius 2 is 1.73 bits per heavy atom. The molecule has 1 aromatic heterocycles. The van der Waals surface area contributed by atoms with Gasteiger partial charge in [-0.3, -0.25) is 9.59 Å². The van der Waals surface area contributed by atoms with Crippen molar-refractivity contribution in [1.29, 1.82) is 0 Å². The van der Waals surface area contributed by atoms with Crippen molar-refractivity contribution < 1.29 is 36.2 Å². The summed E-state index contributed by atoms with van der Waals surface area (Å²) in [7, 11) is 0. The van der Waals surface area contributed by atoms with Crippen molar-refractivity contribution in [3.63, 3.8) is 0 Å². The number of halogens is 1. The molecule has 22 heavy (non-hydrogen) atoms. The fraction of sp³-hybridized carbons (Fsp3) is 0.562. The molecule has 0 radical (unpaired) electrons. The normalized spacial score (nSPS) is 9.86. The Morgan fingerprint density at radius 1 is 1.05 bits per heavy atom. The number of aromatic nitrogens is 1. The molecule has 1 N–H and O–H groups in total. The molecule has 0 aromatic carbocycles. The Balaban J connectivity index is 0.00000441. The smallest absolute Gasteiger partial charge is 0.305 e. The Morgan fingerprint density at radius 3 is 2.32 bits per heavy atom. The van der Waals surface area contributed by atoms with Gasteiger partial charge in [0.05, 0.1) is 6.42 Å². The van der Waals surface area contributed by atoms with E-state index < -0.39 is 5.97 Å². The van der Waals surface area contributed by atoms with Crippen LogP contribution in [0.25, 0.3) is 0 Å². The first-order valence-electron chi connectivity index (χ1n) is 7.57. The zero-order valence-electron chi connectivity index (χ0n) is 13.1. The third-order valence-corrected chi connectivity index (χ3v) is 3.28. The van der Waals surface area contributed by atoms with Crippen LogP contribution in [0.15, 0.2) is 30.6 Å².